The van der Waals surface area contributed by atoms with Crippen LogP contribution in [-0.4, -0.2) is 19.3 Å². The standard InChI is InChI=1S/C24H26O3/c1-18(19-11-5-4-6-12-19)17-24(25,20-13-7-9-15-22(20)26-2)21-14-8-10-16-23(21)27-3/h4-16,18,25H,17H2,1-3H3. The third-order valence-corrected chi connectivity index (χ3v) is 5.08. The quantitative estimate of drug-likeness (QED) is 0.633. The molecular formula is C24H26O3. The summed E-state index contributed by atoms with van der Waals surface area (Å²) in [4.78, 5) is 0. The van der Waals surface area contributed by atoms with E-state index in [1.807, 2.05) is 66.7 Å². The fourth-order valence-electron chi connectivity index (χ4n) is 3.68. The van der Waals surface area contributed by atoms with E-state index in [9.17, 15) is 5.11 Å². The van der Waals surface area contributed by atoms with Crippen LogP contribution in [0.25, 0.3) is 0 Å². The molecule has 3 aromatic carbocycles. The summed E-state index contributed by atoms with van der Waals surface area (Å²) in [6.45, 7) is 2.13. The van der Waals surface area contributed by atoms with Crippen LogP contribution >= 0.6 is 0 Å². The fraction of sp³-hybridized carbons (Fsp3) is 0.250. The van der Waals surface area contributed by atoms with Gasteiger partial charge in [-0.25, -0.2) is 0 Å². The van der Waals surface area contributed by atoms with E-state index in [1.165, 1.54) is 5.56 Å². The van der Waals surface area contributed by atoms with Crippen LogP contribution in [0.1, 0.15) is 36.0 Å². The minimum Gasteiger partial charge on any atom is -0.496 e. The Morgan fingerprint density at radius 2 is 1.19 bits per heavy atom. The summed E-state index contributed by atoms with van der Waals surface area (Å²) in [5, 5.41) is 12.0. The van der Waals surface area contributed by atoms with Gasteiger partial charge in [0.05, 0.1) is 14.2 Å². The molecular weight excluding hydrogens is 336 g/mol. The number of methoxy groups -OCH3 is 2. The normalized spacial score (nSPS) is 12.4. The number of ether oxygens (including phenoxy) is 2. The molecule has 1 unspecified atom stereocenters. The van der Waals surface area contributed by atoms with Crippen LogP contribution in [0.3, 0.4) is 0 Å². The Morgan fingerprint density at radius 1 is 0.741 bits per heavy atom. The van der Waals surface area contributed by atoms with Crippen molar-refractivity contribution in [3.8, 4) is 11.5 Å². The largest absolute Gasteiger partial charge is 0.496 e. The Labute approximate surface area is 161 Å². The molecule has 1 N–H and O–H groups in total. The van der Waals surface area contributed by atoms with Crippen LogP contribution < -0.4 is 9.47 Å². The Kier molecular flexibility index (Phi) is 5.82. The molecule has 0 saturated carbocycles. The minimum absolute atomic E-state index is 0.131. The number of benzene rings is 3. The molecule has 3 nitrogen and oxygen atoms in total. The highest BCUT2D eigenvalue weighted by Crippen LogP contribution is 2.45. The van der Waals surface area contributed by atoms with Crippen molar-refractivity contribution in [2.75, 3.05) is 14.2 Å². The zero-order chi connectivity index (χ0) is 19.3. The van der Waals surface area contributed by atoms with Gasteiger partial charge in [-0.15, -0.1) is 0 Å². The first kappa shape index (κ1) is 19.0. The van der Waals surface area contributed by atoms with Crippen molar-refractivity contribution in [1.82, 2.24) is 0 Å². The molecule has 0 aliphatic heterocycles. The summed E-state index contributed by atoms with van der Waals surface area (Å²) < 4.78 is 11.1. The van der Waals surface area contributed by atoms with Crippen molar-refractivity contribution in [1.29, 1.82) is 0 Å². The molecule has 3 aromatic rings. The van der Waals surface area contributed by atoms with Gasteiger partial charge in [0, 0.05) is 11.1 Å². The maximum Gasteiger partial charge on any atom is 0.125 e. The van der Waals surface area contributed by atoms with Crippen LogP contribution in [0, 0.1) is 0 Å². The van der Waals surface area contributed by atoms with Gasteiger partial charge < -0.3 is 14.6 Å². The first-order valence-electron chi connectivity index (χ1n) is 9.14. The van der Waals surface area contributed by atoms with Crippen molar-refractivity contribution < 1.29 is 14.6 Å². The summed E-state index contributed by atoms with van der Waals surface area (Å²) in [6.07, 6.45) is 0.498. The zero-order valence-corrected chi connectivity index (χ0v) is 16.1. The molecule has 0 spiro atoms. The van der Waals surface area contributed by atoms with Crippen LogP contribution in [0.15, 0.2) is 78.9 Å². The Bertz CT molecular complexity index is 826. The van der Waals surface area contributed by atoms with Crippen LogP contribution in [0.2, 0.25) is 0 Å². The predicted octanol–water partition coefficient (Wildman–Crippen LogP) is 5.13. The van der Waals surface area contributed by atoms with E-state index in [1.54, 1.807) is 14.2 Å². The molecule has 0 heterocycles. The number of hydrogen-bond donors (Lipinski definition) is 1. The van der Waals surface area contributed by atoms with Gasteiger partial charge >= 0.3 is 0 Å². The number of para-hydroxylation sites is 2. The average molecular weight is 362 g/mol. The van der Waals surface area contributed by atoms with E-state index < -0.39 is 5.60 Å². The van der Waals surface area contributed by atoms with Gasteiger partial charge in [0.15, 0.2) is 0 Å². The second kappa shape index (κ2) is 8.28. The van der Waals surface area contributed by atoms with E-state index in [0.717, 1.165) is 11.1 Å². The lowest BCUT2D eigenvalue weighted by atomic mass is 9.77. The van der Waals surface area contributed by atoms with E-state index in [0.29, 0.717) is 17.9 Å². The van der Waals surface area contributed by atoms with E-state index in [4.69, 9.17) is 9.47 Å². The molecule has 0 fully saturated rings. The molecule has 0 aliphatic carbocycles. The van der Waals surface area contributed by atoms with Crippen molar-refractivity contribution in [3.05, 3.63) is 95.6 Å². The topological polar surface area (TPSA) is 38.7 Å². The molecule has 0 bridgehead atoms. The Morgan fingerprint density at radius 3 is 1.67 bits per heavy atom. The Balaban J connectivity index is 2.14. The molecule has 3 rings (SSSR count). The zero-order valence-electron chi connectivity index (χ0n) is 16.1. The molecule has 0 radical (unpaired) electrons. The summed E-state index contributed by atoms with van der Waals surface area (Å²) in [7, 11) is 3.25. The summed E-state index contributed by atoms with van der Waals surface area (Å²) in [6, 6.07) is 25.5. The van der Waals surface area contributed by atoms with Crippen LogP contribution in [-0.2, 0) is 5.60 Å². The molecule has 140 valence electrons. The monoisotopic (exact) mass is 362 g/mol. The lowest BCUT2D eigenvalue weighted by Gasteiger charge is -2.34. The first-order chi connectivity index (χ1) is 13.1. The number of aliphatic hydroxyl groups is 1. The maximum absolute atomic E-state index is 12.0. The van der Waals surface area contributed by atoms with Crippen molar-refractivity contribution in [3.63, 3.8) is 0 Å². The second-order valence-corrected chi connectivity index (χ2v) is 6.78. The number of rotatable bonds is 7. The highest BCUT2D eigenvalue weighted by atomic mass is 16.5. The van der Waals surface area contributed by atoms with Crippen LogP contribution in [0.4, 0.5) is 0 Å². The van der Waals surface area contributed by atoms with Crippen molar-refractivity contribution >= 4 is 0 Å². The minimum atomic E-state index is -1.26. The van der Waals surface area contributed by atoms with E-state index in [-0.39, 0.29) is 5.92 Å². The van der Waals surface area contributed by atoms with Crippen molar-refractivity contribution in [2.45, 2.75) is 24.9 Å². The van der Waals surface area contributed by atoms with Gasteiger partial charge in [-0.2, -0.15) is 0 Å². The molecule has 27 heavy (non-hydrogen) atoms. The predicted molar refractivity (Wildman–Crippen MR) is 108 cm³/mol. The third-order valence-electron chi connectivity index (χ3n) is 5.08. The molecule has 0 aromatic heterocycles. The lowest BCUT2D eigenvalue weighted by molar-refractivity contribution is 0.0592. The summed E-state index contributed by atoms with van der Waals surface area (Å²) in [5.41, 5.74) is 1.40. The van der Waals surface area contributed by atoms with Gasteiger partial charge in [-0.3, -0.25) is 0 Å². The summed E-state index contributed by atoms with van der Waals surface area (Å²) in [5.74, 6) is 1.45. The average Bonchev–Trinajstić information content (AvgIpc) is 2.74. The summed E-state index contributed by atoms with van der Waals surface area (Å²) >= 11 is 0. The SMILES string of the molecule is COc1ccccc1C(O)(CC(C)c1ccccc1)c1ccccc1OC. The molecule has 3 heteroatoms. The van der Waals surface area contributed by atoms with Gasteiger partial charge in [0.25, 0.3) is 0 Å². The van der Waals surface area contributed by atoms with E-state index >= 15 is 0 Å². The highest BCUT2D eigenvalue weighted by molar-refractivity contribution is 5.50. The van der Waals surface area contributed by atoms with Gasteiger partial charge in [0.1, 0.15) is 17.1 Å². The molecule has 0 aliphatic rings. The van der Waals surface area contributed by atoms with Gasteiger partial charge in [-0.1, -0.05) is 73.7 Å². The first-order valence-corrected chi connectivity index (χ1v) is 9.14. The molecule has 0 amide bonds. The maximum atomic E-state index is 12.0. The number of hydrogen-bond acceptors (Lipinski definition) is 3. The van der Waals surface area contributed by atoms with Crippen molar-refractivity contribution in [2.24, 2.45) is 0 Å². The van der Waals surface area contributed by atoms with Gasteiger partial charge in [-0.05, 0) is 30.0 Å². The second-order valence-electron chi connectivity index (χ2n) is 6.78. The highest BCUT2D eigenvalue weighted by Gasteiger charge is 2.38. The van der Waals surface area contributed by atoms with E-state index in [2.05, 4.69) is 19.1 Å². The smallest absolute Gasteiger partial charge is 0.125 e. The van der Waals surface area contributed by atoms with Gasteiger partial charge in [0.2, 0.25) is 0 Å². The molecule has 1 atom stereocenters. The third kappa shape index (κ3) is 3.83. The lowest BCUT2D eigenvalue weighted by Crippen LogP contribution is -2.30. The molecule has 0 saturated heterocycles. The van der Waals surface area contributed by atoms with Crippen LogP contribution in [0.5, 0.6) is 11.5 Å². The Hall–Kier alpha value is -2.78. The fourth-order valence-corrected chi connectivity index (χ4v) is 3.68.